The second-order valence-electron chi connectivity index (χ2n) is 6.09. The van der Waals surface area contributed by atoms with Gasteiger partial charge in [-0.15, -0.1) is 0 Å². The van der Waals surface area contributed by atoms with Crippen LogP contribution >= 0.6 is 0 Å². The molecule has 0 fully saturated rings. The van der Waals surface area contributed by atoms with Crippen molar-refractivity contribution in [3.63, 3.8) is 0 Å². The van der Waals surface area contributed by atoms with Gasteiger partial charge >= 0.3 is 5.97 Å². The highest BCUT2D eigenvalue weighted by atomic mass is 19.1. The fourth-order valence-corrected chi connectivity index (χ4v) is 2.54. The molecule has 0 saturated heterocycles. The van der Waals surface area contributed by atoms with Gasteiger partial charge in [-0.2, -0.15) is 0 Å². The number of ether oxygens (including phenoxy) is 1. The highest BCUT2D eigenvalue weighted by Crippen LogP contribution is 2.15. The Hall–Kier alpha value is -4.01. The van der Waals surface area contributed by atoms with Gasteiger partial charge in [-0.25, -0.2) is 13.6 Å². The molecule has 0 spiro atoms. The van der Waals surface area contributed by atoms with Crippen molar-refractivity contribution in [2.24, 2.45) is 0 Å². The summed E-state index contributed by atoms with van der Waals surface area (Å²) in [6.45, 7) is -0.546. The van der Waals surface area contributed by atoms with Crippen LogP contribution in [-0.2, 0) is 16.1 Å². The Bertz CT molecular complexity index is 1050. The van der Waals surface area contributed by atoms with E-state index < -0.39 is 36.0 Å². The molecule has 1 heterocycles. The van der Waals surface area contributed by atoms with Gasteiger partial charge in [-0.05, 0) is 36.4 Å². The van der Waals surface area contributed by atoms with Gasteiger partial charge in [-0.3, -0.25) is 9.59 Å². The van der Waals surface area contributed by atoms with Crippen LogP contribution < -0.4 is 10.6 Å². The molecule has 2 amide bonds. The maximum Gasteiger partial charge on any atom is 0.338 e. The molecule has 0 bridgehead atoms. The third-order valence-electron chi connectivity index (χ3n) is 3.88. The van der Waals surface area contributed by atoms with Crippen LogP contribution in [0.5, 0.6) is 0 Å². The van der Waals surface area contributed by atoms with E-state index >= 15 is 0 Å². The molecule has 3 aromatic rings. The molecule has 3 rings (SSSR count). The van der Waals surface area contributed by atoms with E-state index in [1.165, 1.54) is 18.4 Å². The van der Waals surface area contributed by atoms with Crippen molar-refractivity contribution in [1.29, 1.82) is 0 Å². The number of anilines is 1. The van der Waals surface area contributed by atoms with Crippen LogP contribution in [0, 0.1) is 11.6 Å². The zero-order valence-corrected chi connectivity index (χ0v) is 15.5. The summed E-state index contributed by atoms with van der Waals surface area (Å²) in [7, 11) is 0. The number of carbonyl (C=O) groups is 3. The number of furan rings is 1. The van der Waals surface area contributed by atoms with Gasteiger partial charge in [0.15, 0.2) is 6.61 Å². The number of rotatable bonds is 7. The first-order valence-electron chi connectivity index (χ1n) is 8.75. The van der Waals surface area contributed by atoms with Gasteiger partial charge < -0.3 is 19.8 Å². The van der Waals surface area contributed by atoms with Crippen molar-refractivity contribution in [3.8, 4) is 0 Å². The van der Waals surface area contributed by atoms with Crippen molar-refractivity contribution < 1.29 is 32.3 Å². The third-order valence-corrected chi connectivity index (χ3v) is 3.88. The molecular weight excluding hydrogens is 398 g/mol. The summed E-state index contributed by atoms with van der Waals surface area (Å²) < 4.78 is 36.3. The first-order valence-corrected chi connectivity index (χ1v) is 8.75. The van der Waals surface area contributed by atoms with Crippen molar-refractivity contribution in [2.75, 3.05) is 11.9 Å². The smallest absolute Gasteiger partial charge is 0.338 e. The van der Waals surface area contributed by atoms with Gasteiger partial charge in [0.05, 0.1) is 29.6 Å². The van der Waals surface area contributed by atoms with Gasteiger partial charge in [-0.1, -0.05) is 12.1 Å². The number of hydrogen-bond donors (Lipinski definition) is 2. The van der Waals surface area contributed by atoms with Crippen LogP contribution in [0.2, 0.25) is 0 Å². The maximum atomic E-state index is 13.2. The van der Waals surface area contributed by atoms with Gasteiger partial charge in [0.25, 0.3) is 11.8 Å². The van der Waals surface area contributed by atoms with E-state index in [2.05, 4.69) is 10.6 Å². The molecule has 2 aromatic carbocycles. The molecule has 0 aliphatic rings. The highest BCUT2D eigenvalue weighted by molar-refractivity contribution is 6.04. The zero-order chi connectivity index (χ0) is 21.5. The topological polar surface area (TPSA) is 97.6 Å². The maximum absolute atomic E-state index is 13.2. The number of esters is 1. The standard InChI is InChI=1S/C21H16F2N2O5/c22-14-8-13(9-15(23)10-14)21(28)30-12-19(26)25-18-6-2-1-5-17(18)20(27)24-11-16-4-3-7-29-16/h1-10H,11-12H2,(H,24,27)(H,25,26). The molecule has 0 aliphatic carbocycles. The number of para-hydroxylation sites is 1. The Morgan fingerprint density at radius 2 is 1.70 bits per heavy atom. The fraction of sp³-hybridized carbons (Fsp3) is 0.0952. The Morgan fingerprint density at radius 1 is 0.967 bits per heavy atom. The van der Waals surface area contributed by atoms with E-state index in [4.69, 9.17) is 9.15 Å². The van der Waals surface area contributed by atoms with Gasteiger partial charge in [0, 0.05) is 6.07 Å². The summed E-state index contributed by atoms with van der Waals surface area (Å²) in [5.74, 6) is -3.57. The van der Waals surface area contributed by atoms with E-state index in [-0.39, 0.29) is 23.4 Å². The minimum absolute atomic E-state index is 0.163. The van der Waals surface area contributed by atoms with Gasteiger partial charge in [0.1, 0.15) is 17.4 Å². The molecular formula is C21H16F2N2O5. The second kappa shape index (κ2) is 9.46. The molecule has 154 valence electrons. The second-order valence-corrected chi connectivity index (χ2v) is 6.09. The first kappa shape index (κ1) is 20.7. The quantitative estimate of drug-likeness (QED) is 0.579. The van der Waals surface area contributed by atoms with Crippen LogP contribution in [0.3, 0.4) is 0 Å². The van der Waals surface area contributed by atoms with Crippen molar-refractivity contribution in [2.45, 2.75) is 6.54 Å². The van der Waals surface area contributed by atoms with Gasteiger partial charge in [0.2, 0.25) is 0 Å². The molecule has 30 heavy (non-hydrogen) atoms. The Balaban J connectivity index is 1.58. The minimum atomic E-state index is -1.06. The van der Waals surface area contributed by atoms with Crippen molar-refractivity contribution in [3.05, 3.63) is 89.4 Å². The number of amides is 2. The van der Waals surface area contributed by atoms with Crippen LogP contribution in [0.25, 0.3) is 0 Å². The summed E-state index contributed by atoms with van der Waals surface area (Å²) in [5.41, 5.74) is 0.0289. The number of carbonyl (C=O) groups excluding carboxylic acids is 3. The Kier molecular flexibility index (Phi) is 6.53. The van der Waals surface area contributed by atoms with Crippen LogP contribution in [0.1, 0.15) is 26.5 Å². The molecule has 7 nitrogen and oxygen atoms in total. The lowest BCUT2D eigenvalue weighted by Crippen LogP contribution is -2.26. The number of hydrogen-bond acceptors (Lipinski definition) is 5. The third kappa shape index (κ3) is 5.51. The summed E-state index contributed by atoms with van der Waals surface area (Å²) in [6, 6.07) is 11.8. The van der Waals surface area contributed by atoms with E-state index in [1.807, 2.05) is 0 Å². The van der Waals surface area contributed by atoms with Crippen molar-refractivity contribution in [1.82, 2.24) is 5.32 Å². The first-order chi connectivity index (χ1) is 14.4. The summed E-state index contributed by atoms with van der Waals surface area (Å²) in [6.07, 6.45) is 1.48. The van der Waals surface area contributed by atoms with Crippen LogP contribution in [0.4, 0.5) is 14.5 Å². The SMILES string of the molecule is O=C(COC(=O)c1cc(F)cc(F)c1)Nc1ccccc1C(=O)NCc1ccco1. The predicted octanol–water partition coefficient (Wildman–Crippen LogP) is 3.28. The summed E-state index contributed by atoms with van der Waals surface area (Å²) in [4.78, 5) is 36.4. The van der Waals surface area contributed by atoms with Crippen LogP contribution in [-0.4, -0.2) is 24.4 Å². The molecule has 0 aliphatic heterocycles. The fourth-order valence-electron chi connectivity index (χ4n) is 2.54. The largest absolute Gasteiger partial charge is 0.467 e. The minimum Gasteiger partial charge on any atom is -0.467 e. The molecule has 2 N–H and O–H groups in total. The average molecular weight is 414 g/mol. The molecule has 9 heteroatoms. The summed E-state index contributed by atoms with van der Waals surface area (Å²) >= 11 is 0. The van der Waals surface area contributed by atoms with Crippen LogP contribution in [0.15, 0.2) is 65.3 Å². The molecule has 0 saturated carbocycles. The lowest BCUT2D eigenvalue weighted by Gasteiger charge is -2.11. The zero-order valence-electron chi connectivity index (χ0n) is 15.5. The molecule has 0 atom stereocenters. The lowest BCUT2D eigenvalue weighted by molar-refractivity contribution is -0.119. The Labute approximate surface area is 169 Å². The highest BCUT2D eigenvalue weighted by Gasteiger charge is 2.16. The van der Waals surface area contributed by atoms with E-state index in [0.29, 0.717) is 11.8 Å². The normalized spacial score (nSPS) is 10.3. The number of nitrogens with one attached hydrogen (secondary N) is 2. The van der Waals surface area contributed by atoms with E-state index in [1.54, 1.807) is 24.3 Å². The number of benzene rings is 2. The summed E-state index contributed by atoms with van der Waals surface area (Å²) in [5, 5.41) is 5.12. The van der Waals surface area contributed by atoms with Crippen molar-refractivity contribution >= 4 is 23.5 Å². The predicted molar refractivity (Wildman–Crippen MR) is 102 cm³/mol. The molecule has 0 unspecified atom stereocenters. The van der Waals surface area contributed by atoms with E-state index in [9.17, 15) is 23.2 Å². The average Bonchev–Trinajstić information content (AvgIpc) is 3.23. The number of halogens is 2. The molecule has 0 radical (unpaired) electrons. The van der Waals surface area contributed by atoms with E-state index in [0.717, 1.165) is 12.1 Å². The lowest BCUT2D eigenvalue weighted by atomic mass is 10.1. The Morgan fingerprint density at radius 3 is 2.40 bits per heavy atom. The molecule has 1 aromatic heterocycles. The monoisotopic (exact) mass is 414 g/mol.